The molecule has 0 aliphatic rings. The van der Waals surface area contributed by atoms with Gasteiger partial charge in [-0.05, 0) is 36.4 Å². The van der Waals surface area contributed by atoms with Gasteiger partial charge in [0, 0.05) is 0 Å². The van der Waals surface area contributed by atoms with Crippen LogP contribution in [0.15, 0.2) is 52.5 Å². The Kier molecular flexibility index (Phi) is 3.71. The lowest BCUT2D eigenvalue weighted by Crippen LogP contribution is -2.04. The standard InChI is InChI=1S/C13H12N2O4S/c1-19-10-4-7-12(15-8-10)20(14,18)11-5-2-9(3-6-11)13(16)17/h2-8,14H,1H3,(H,16,17). The van der Waals surface area contributed by atoms with Gasteiger partial charge in [0.1, 0.15) is 20.5 Å². The van der Waals surface area contributed by atoms with E-state index >= 15 is 0 Å². The topological polar surface area (TPSA) is 100 Å². The van der Waals surface area contributed by atoms with Crippen molar-refractivity contribution in [2.24, 2.45) is 0 Å². The molecule has 1 aromatic carbocycles. The maximum Gasteiger partial charge on any atom is 0.335 e. The minimum atomic E-state index is -3.27. The number of hydrogen-bond donors (Lipinski definition) is 2. The first-order chi connectivity index (χ1) is 9.45. The summed E-state index contributed by atoms with van der Waals surface area (Å²) in [6.07, 6.45) is 1.38. The number of carboxylic acids is 1. The molecule has 0 saturated heterocycles. The summed E-state index contributed by atoms with van der Waals surface area (Å²) in [6, 6.07) is 8.39. The van der Waals surface area contributed by atoms with Crippen LogP contribution in [0.5, 0.6) is 5.75 Å². The molecule has 0 aliphatic heterocycles. The van der Waals surface area contributed by atoms with E-state index in [1.165, 1.54) is 43.6 Å². The Morgan fingerprint density at radius 1 is 1.25 bits per heavy atom. The van der Waals surface area contributed by atoms with Gasteiger partial charge in [0.25, 0.3) is 0 Å². The number of benzene rings is 1. The number of aromatic nitrogens is 1. The summed E-state index contributed by atoms with van der Waals surface area (Å²) in [4.78, 5) is 14.9. The molecule has 0 amide bonds. The van der Waals surface area contributed by atoms with Gasteiger partial charge in [-0.15, -0.1) is 0 Å². The van der Waals surface area contributed by atoms with Crippen molar-refractivity contribution in [2.45, 2.75) is 9.92 Å². The molecule has 1 aromatic heterocycles. The van der Waals surface area contributed by atoms with Crippen LogP contribution in [0, 0.1) is 4.78 Å². The van der Waals surface area contributed by atoms with E-state index in [4.69, 9.17) is 14.6 Å². The van der Waals surface area contributed by atoms with Crippen molar-refractivity contribution in [2.75, 3.05) is 7.11 Å². The van der Waals surface area contributed by atoms with Gasteiger partial charge in [-0.2, -0.15) is 0 Å². The molecule has 6 nitrogen and oxygen atoms in total. The second kappa shape index (κ2) is 5.30. The molecule has 1 unspecified atom stereocenters. The van der Waals surface area contributed by atoms with Crippen LogP contribution < -0.4 is 4.74 Å². The number of carbonyl (C=O) groups is 1. The van der Waals surface area contributed by atoms with E-state index in [9.17, 15) is 9.00 Å². The summed E-state index contributed by atoms with van der Waals surface area (Å²) >= 11 is 0. The number of methoxy groups -OCH3 is 1. The first-order valence-corrected chi connectivity index (χ1v) is 7.13. The van der Waals surface area contributed by atoms with E-state index in [-0.39, 0.29) is 15.5 Å². The van der Waals surface area contributed by atoms with Crippen molar-refractivity contribution in [1.29, 1.82) is 4.78 Å². The lowest BCUT2D eigenvalue weighted by molar-refractivity contribution is 0.0697. The normalized spacial score (nSPS) is 13.4. The lowest BCUT2D eigenvalue weighted by atomic mass is 10.2. The molecule has 104 valence electrons. The van der Waals surface area contributed by atoms with Crippen molar-refractivity contribution < 1.29 is 18.8 Å². The summed E-state index contributed by atoms with van der Waals surface area (Å²) in [7, 11) is -1.78. The van der Waals surface area contributed by atoms with Crippen LogP contribution in [0.4, 0.5) is 0 Å². The third kappa shape index (κ3) is 2.62. The van der Waals surface area contributed by atoms with Gasteiger partial charge in [-0.25, -0.2) is 18.8 Å². The van der Waals surface area contributed by atoms with Gasteiger partial charge in [0.2, 0.25) is 0 Å². The number of nitrogens with one attached hydrogen (secondary N) is 1. The Bertz CT molecular complexity index is 722. The number of aromatic carboxylic acids is 1. The molecular weight excluding hydrogens is 280 g/mol. The molecule has 7 heteroatoms. The summed E-state index contributed by atoms with van der Waals surface area (Å²) in [5, 5.41) is 8.91. The molecule has 0 aliphatic carbocycles. The van der Waals surface area contributed by atoms with Crippen molar-refractivity contribution in [1.82, 2.24) is 4.98 Å². The molecule has 2 aromatic rings. The first-order valence-electron chi connectivity index (χ1n) is 5.57. The number of hydrogen-bond acceptors (Lipinski definition) is 5. The van der Waals surface area contributed by atoms with Gasteiger partial charge >= 0.3 is 5.97 Å². The second-order valence-electron chi connectivity index (χ2n) is 3.92. The number of ether oxygens (including phenoxy) is 1. The van der Waals surface area contributed by atoms with Crippen LogP contribution in [0.3, 0.4) is 0 Å². The Morgan fingerprint density at radius 2 is 1.90 bits per heavy atom. The fraction of sp³-hybridized carbons (Fsp3) is 0.0769. The highest BCUT2D eigenvalue weighted by Gasteiger charge is 2.15. The Hall–Kier alpha value is -2.41. The van der Waals surface area contributed by atoms with E-state index < -0.39 is 15.7 Å². The van der Waals surface area contributed by atoms with E-state index in [2.05, 4.69) is 4.98 Å². The van der Waals surface area contributed by atoms with E-state index in [0.717, 1.165) is 0 Å². The van der Waals surface area contributed by atoms with Gasteiger partial charge in [-0.1, -0.05) is 0 Å². The first kappa shape index (κ1) is 14.0. The predicted octanol–water partition coefficient (Wildman–Crippen LogP) is 2.25. The molecule has 0 radical (unpaired) electrons. The van der Waals surface area contributed by atoms with Gasteiger partial charge in [-0.3, -0.25) is 0 Å². The van der Waals surface area contributed by atoms with Crippen molar-refractivity contribution in [3.05, 3.63) is 48.2 Å². The van der Waals surface area contributed by atoms with Gasteiger partial charge in [0.05, 0.1) is 23.8 Å². The molecule has 2 rings (SSSR count). The summed E-state index contributed by atoms with van der Waals surface area (Å²) < 4.78 is 25.4. The van der Waals surface area contributed by atoms with E-state index in [1.54, 1.807) is 6.07 Å². The Balaban J connectivity index is 2.40. The highest BCUT2D eigenvalue weighted by atomic mass is 32.2. The van der Waals surface area contributed by atoms with Crippen LogP contribution in [-0.4, -0.2) is 27.4 Å². The maximum atomic E-state index is 12.5. The third-order valence-electron chi connectivity index (χ3n) is 2.67. The third-order valence-corrected chi connectivity index (χ3v) is 4.44. The quantitative estimate of drug-likeness (QED) is 0.900. The number of pyridine rings is 1. The molecule has 0 saturated carbocycles. The predicted molar refractivity (Wildman–Crippen MR) is 71.6 cm³/mol. The molecule has 20 heavy (non-hydrogen) atoms. The summed E-state index contributed by atoms with van der Waals surface area (Å²) in [5.74, 6) is -0.569. The lowest BCUT2D eigenvalue weighted by Gasteiger charge is -2.08. The second-order valence-corrected chi connectivity index (χ2v) is 5.92. The molecule has 0 spiro atoms. The smallest absolute Gasteiger partial charge is 0.335 e. The highest BCUT2D eigenvalue weighted by molar-refractivity contribution is 7.92. The zero-order valence-electron chi connectivity index (χ0n) is 10.6. The van der Waals surface area contributed by atoms with Gasteiger partial charge < -0.3 is 9.84 Å². The minimum Gasteiger partial charge on any atom is -0.495 e. The summed E-state index contributed by atoms with van der Waals surface area (Å²) in [5.41, 5.74) is 0.0756. The van der Waals surface area contributed by atoms with Crippen molar-refractivity contribution in [3.8, 4) is 5.75 Å². The van der Waals surface area contributed by atoms with Gasteiger partial charge in [0.15, 0.2) is 0 Å². The highest BCUT2D eigenvalue weighted by Crippen LogP contribution is 2.21. The fourth-order valence-electron chi connectivity index (χ4n) is 1.57. The number of rotatable bonds is 4. The summed E-state index contributed by atoms with van der Waals surface area (Å²) in [6.45, 7) is 0. The molecule has 0 bridgehead atoms. The fourth-order valence-corrected chi connectivity index (χ4v) is 2.79. The molecule has 1 heterocycles. The molecule has 0 fully saturated rings. The SMILES string of the molecule is COc1ccc(S(=N)(=O)c2ccc(C(=O)O)cc2)nc1. The zero-order valence-corrected chi connectivity index (χ0v) is 11.4. The average Bonchev–Trinajstić information content (AvgIpc) is 2.47. The van der Waals surface area contributed by atoms with Crippen molar-refractivity contribution >= 4 is 15.7 Å². The zero-order chi connectivity index (χ0) is 14.8. The Labute approximate surface area is 116 Å². The number of carboxylic acid groups (broad SMARTS) is 1. The largest absolute Gasteiger partial charge is 0.495 e. The van der Waals surface area contributed by atoms with Crippen LogP contribution in [0.25, 0.3) is 0 Å². The number of nitrogens with zero attached hydrogens (tertiary/aromatic N) is 1. The average molecular weight is 292 g/mol. The van der Waals surface area contributed by atoms with Crippen LogP contribution in [0.1, 0.15) is 10.4 Å². The molecule has 2 N–H and O–H groups in total. The molecule has 1 atom stereocenters. The van der Waals surface area contributed by atoms with E-state index in [0.29, 0.717) is 5.75 Å². The Morgan fingerprint density at radius 3 is 2.35 bits per heavy atom. The molecular formula is C13H12N2O4S. The van der Waals surface area contributed by atoms with Crippen LogP contribution in [0.2, 0.25) is 0 Å². The van der Waals surface area contributed by atoms with Crippen molar-refractivity contribution in [3.63, 3.8) is 0 Å². The monoisotopic (exact) mass is 292 g/mol. The minimum absolute atomic E-state index is 0.0756. The van der Waals surface area contributed by atoms with Crippen LogP contribution >= 0.6 is 0 Å². The maximum absolute atomic E-state index is 12.5. The van der Waals surface area contributed by atoms with Crippen LogP contribution in [-0.2, 0) is 9.73 Å². The van der Waals surface area contributed by atoms with E-state index in [1.807, 2.05) is 0 Å².